The highest BCUT2D eigenvalue weighted by Gasteiger charge is 2.27. The molecule has 1 saturated heterocycles. The lowest BCUT2D eigenvalue weighted by Gasteiger charge is -2.31. The Morgan fingerprint density at radius 3 is 2.67 bits per heavy atom. The third kappa shape index (κ3) is 2.82. The van der Waals surface area contributed by atoms with Crippen molar-refractivity contribution in [2.24, 2.45) is 0 Å². The third-order valence-electron chi connectivity index (χ3n) is 3.27. The smallest absolute Gasteiger partial charge is 0.160 e. The van der Waals surface area contributed by atoms with E-state index in [0.717, 1.165) is 31.4 Å². The Bertz CT molecular complexity index is 422. The summed E-state index contributed by atoms with van der Waals surface area (Å²) in [4.78, 5) is 0. The largest absolute Gasteiger partial charge is 0.376 e. The predicted molar refractivity (Wildman–Crippen MR) is 66.8 cm³/mol. The number of benzene rings is 1. The molecular formula is C13H16ClF2NO. The molecule has 1 N–H and O–H groups in total. The summed E-state index contributed by atoms with van der Waals surface area (Å²) in [6, 6.07) is 1.95. The average Bonchev–Trinajstić information content (AvgIpc) is 2.38. The van der Waals surface area contributed by atoms with Gasteiger partial charge in [-0.15, -0.1) is 0 Å². The van der Waals surface area contributed by atoms with E-state index in [1.165, 1.54) is 0 Å². The summed E-state index contributed by atoms with van der Waals surface area (Å²) >= 11 is 5.99. The maximum atomic E-state index is 13.3. The fourth-order valence-electron chi connectivity index (χ4n) is 2.35. The van der Waals surface area contributed by atoms with Crippen LogP contribution in [0.15, 0.2) is 12.1 Å². The van der Waals surface area contributed by atoms with Crippen LogP contribution in [0.25, 0.3) is 0 Å². The second-order valence-electron chi connectivity index (χ2n) is 4.46. The molecular weight excluding hydrogens is 260 g/mol. The number of ether oxygens (including phenoxy) is 1. The van der Waals surface area contributed by atoms with E-state index < -0.39 is 11.6 Å². The van der Waals surface area contributed by atoms with Gasteiger partial charge in [0.1, 0.15) is 0 Å². The summed E-state index contributed by atoms with van der Waals surface area (Å²) in [6.07, 6.45) is 2.95. The topological polar surface area (TPSA) is 21.3 Å². The van der Waals surface area contributed by atoms with E-state index in [-0.39, 0.29) is 17.2 Å². The van der Waals surface area contributed by atoms with Gasteiger partial charge in [-0.2, -0.15) is 0 Å². The standard InChI is InChI=1S/C13H16ClF2NO/c1-17-13(12-4-2-3-5-18-12)8-6-10(15)11(16)7-9(8)14/h6-7,12-13,17H,2-5H2,1H3. The first-order valence-corrected chi connectivity index (χ1v) is 6.44. The molecule has 2 atom stereocenters. The lowest BCUT2D eigenvalue weighted by molar-refractivity contribution is -0.00667. The Kier molecular flexibility index (Phi) is 4.54. The molecule has 0 amide bonds. The minimum absolute atomic E-state index is 0.0499. The maximum Gasteiger partial charge on any atom is 0.160 e. The molecule has 1 aliphatic heterocycles. The lowest BCUT2D eigenvalue weighted by Crippen LogP contribution is -2.34. The first-order valence-electron chi connectivity index (χ1n) is 6.06. The molecule has 5 heteroatoms. The molecule has 0 saturated carbocycles. The van der Waals surface area contributed by atoms with Crippen molar-refractivity contribution in [1.82, 2.24) is 5.32 Å². The van der Waals surface area contributed by atoms with Gasteiger partial charge in [0.15, 0.2) is 11.6 Å². The summed E-state index contributed by atoms with van der Waals surface area (Å²) in [5, 5.41) is 3.30. The molecule has 18 heavy (non-hydrogen) atoms. The van der Waals surface area contributed by atoms with Crippen LogP contribution in [0.4, 0.5) is 8.78 Å². The van der Waals surface area contributed by atoms with Crippen molar-refractivity contribution in [2.45, 2.75) is 31.4 Å². The monoisotopic (exact) mass is 275 g/mol. The summed E-state index contributed by atoms with van der Waals surface area (Å²) < 4.78 is 32.1. The van der Waals surface area contributed by atoms with E-state index in [1.54, 1.807) is 7.05 Å². The number of likely N-dealkylation sites (N-methyl/N-ethyl adjacent to an activating group) is 1. The Balaban J connectivity index is 2.28. The number of halogens is 3. The molecule has 2 nitrogen and oxygen atoms in total. The Labute approximate surface area is 110 Å². The van der Waals surface area contributed by atoms with Crippen LogP contribution in [0.2, 0.25) is 5.02 Å². The number of hydrogen-bond donors (Lipinski definition) is 1. The SMILES string of the molecule is CNC(c1cc(F)c(F)cc1Cl)C1CCCCO1. The van der Waals surface area contributed by atoms with Crippen LogP contribution in [0.3, 0.4) is 0 Å². The van der Waals surface area contributed by atoms with Crippen molar-refractivity contribution in [2.75, 3.05) is 13.7 Å². The van der Waals surface area contributed by atoms with E-state index in [1.807, 2.05) is 0 Å². The van der Waals surface area contributed by atoms with Gasteiger partial charge in [0.2, 0.25) is 0 Å². The van der Waals surface area contributed by atoms with Crippen LogP contribution < -0.4 is 5.32 Å². The van der Waals surface area contributed by atoms with Gasteiger partial charge in [-0.05, 0) is 44.0 Å². The van der Waals surface area contributed by atoms with Crippen LogP contribution in [-0.2, 0) is 4.74 Å². The van der Waals surface area contributed by atoms with Gasteiger partial charge in [-0.3, -0.25) is 0 Å². The minimum atomic E-state index is -0.928. The third-order valence-corrected chi connectivity index (χ3v) is 3.60. The van der Waals surface area contributed by atoms with Crippen LogP contribution in [0.1, 0.15) is 30.9 Å². The van der Waals surface area contributed by atoms with Gasteiger partial charge in [-0.1, -0.05) is 11.6 Å². The number of hydrogen-bond acceptors (Lipinski definition) is 2. The van der Waals surface area contributed by atoms with E-state index in [4.69, 9.17) is 16.3 Å². The van der Waals surface area contributed by atoms with Gasteiger partial charge in [0.25, 0.3) is 0 Å². The molecule has 1 aromatic carbocycles. The zero-order valence-electron chi connectivity index (χ0n) is 10.2. The van der Waals surface area contributed by atoms with Crippen molar-refractivity contribution in [3.8, 4) is 0 Å². The predicted octanol–water partition coefficient (Wildman–Crippen LogP) is 3.45. The fraction of sp³-hybridized carbons (Fsp3) is 0.538. The van der Waals surface area contributed by atoms with Crippen molar-refractivity contribution in [3.05, 3.63) is 34.4 Å². The van der Waals surface area contributed by atoms with Gasteiger partial charge >= 0.3 is 0 Å². The molecule has 2 unspecified atom stereocenters. The minimum Gasteiger partial charge on any atom is -0.376 e. The van der Waals surface area contributed by atoms with Gasteiger partial charge < -0.3 is 10.1 Å². The summed E-state index contributed by atoms with van der Waals surface area (Å²) in [5.74, 6) is -1.81. The maximum absolute atomic E-state index is 13.3. The first kappa shape index (κ1) is 13.7. The lowest BCUT2D eigenvalue weighted by atomic mass is 9.95. The molecule has 1 aliphatic rings. The van der Waals surface area contributed by atoms with Crippen LogP contribution in [-0.4, -0.2) is 19.8 Å². The highest BCUT2D eigenvalue weighted by atomic mass is 35.5. The van der Waals surface area contributed by atoms with Crippen molar-refractivity contribution >= 4 is 11.6 Å². The van der Waals surface area contributed by atoms with Crippen LogP contribution in [0.5, 0.6) is 0 Å². The number of rotatable bonds is 3. The second-order valence-corrected chi connectivity index (χ2v) is 4.87. The summed E-state index contributed by atoms with van der Waals surface area (Å²) in [5.41, 5.74) is 0.546. The van der Waals surface area contributed by atoms with E-state index in [2.05, 4.69) is 5.32 Å². The zero-order valence-corrected chi connectivity index (χ0v) is 10.9. The van der Waals surface area contributed by atoms with Gasteiger partial charge in [0, 0.05) is 11.6 Å². The molecule has 1 heterocycles. The zero-order chi connectivity index (χ0) is 13.1. The second kappa shape index (κ2) is 5.95. The molecule has 0 radical (unpaired) electrons. The first-order chi connectivity index (χ1) is 8.63. The molecule has 1 fully saturated rings. The summed E-state index contributed by atoms with van der Waals surface area (Å²) in [7, 11) is 1.76. The van der Waals surface area contributed by atoms with Gasteiger partial charge in [0.05, 0.1) is 12.1 Å². The normalized spacial score (nSPS) is 21.9. The van der Waals surface area contributed by atoms with Crippen LogP contribution in [0, 0.1) is 11.6 Å². The van der Waals surface area contributed by atoms with E-state index >= 15 is 0 Å². The molecule has 2 rings (SSSR count). The molecule has 0 bridgehead atoms. The van der Waals surface area contributed by atoms with E-state index in [0.29, 0.717) is 12.2 Å². The van der Waals surface area contributed by atoms with Crippen molar-refractivity contribution < 1.29 is 13.5 Å². The van der Waals surface area contributed by atoms with Gasteiger partial charge in [-0.25, -0.2) is 8.78 Å². The Morgan fingerprint density at radius 1 is 1.33 bits per heavy atom. The fourth-order valence-corrected chi connectivity index (χ4v) is 2.61. The average molecular weight is 276 g/mol. The highest BCUT2D eigenvalue weighted by molar-refractivity contribution is 6.31. The molecule has 100 valence electrons. The number of nitrogens with one attached hydrogen (secondary N) is 1. The highest BCUT2D eigenvalue weighted by Crippen LogP contribution is 2.32. The van der Waals surface area contributed by atoms with Crippen molar-refractivity contribution in [1.29, 1.82) is 0 Å². The quantitative estimate of drug-likeness (QED) is 0.853. The molecule has 0 aliphatic carbocycles. The van der Waals surface area contributed by atoms with Crippen molar-refractivity contribution in [3.63, 3.8) is 0 Å². The summed E-state index contributed by atoms with van der Waals surface area (Å²) in [6.45, 7) is 0.699. The Morgan fingerprint density at radius 2 is 2.06 bits per heavy atom. The Hall–Kier alpha value is -0.710. The molecule has 1 aromatic rings. The molecule has 0 aromatic heterocycles. The van der Waals surface area contributed by atoms with Crippen LogP contribution >= 0.6 is 11.6 Å². The van der Waals surface area contributed by atoms with E-state index in [9.17, 15) is 8.78 Å². The molecule has 0 spiro atoms.